The molecule has 0 amide bonds. The van der Waals surface area contributed by atoms with Crippen molar-refractivity contribution in [3.63, 3.8) is 0 Å². The van der Waals surface area contributed by atoms with Crippen molar-refractivity contribution in [2.75, 3.05) is 13.7 Å². The SMILES string of the molecule is CN(Cc1cccs1)S(=O)(=O)c1ccc(CCCO)cc1. The fourth-order valence-corrected chi connectivity index (χ4v) is 3.99. The van der Waals surface area contributed by atoms with E-state index in [0.717, 1.165) is 16.9 Å². The summed E-state index contributed by atoms with van der Waals surface area (Å²) in [5.74, 6) is 0. The van der Waals surface area contributed by atoms with Crippen molar-refractivity contribution in [1.82, 2.24) is 4.31 Å². The van der Waals surface area contributed by atoms with Gasteiger partial charge in [-0.3, -0.25) is 0 Å². The summed E-state index contributed by atoms with van der Waals surface area (Å²) in [6, 6.07) is 10.7. The highest BCUT2D eigenvalue weighted by atomic mass is 32.2. The molecule has 0 fully saturated rings. The standard InChI is InChI=1S/C15H19NO3S2/c1-16(12-14-5-3-11-20-14)21(18,19)15-8-6-13(7-9-15)4-2-10-17/h3,5-9,11,17H,2,4,10,12H2,1H3. The van der Waals surface area contributed by atoms with Gasteiger partial charge in [-0.15, -0.1) is 11.3 Å². The lowest BCUT2D eigenvalue weighted by Gasteiger charge is -2.16. The first-order chi connectivity index (χ1) is 10.0. The highest BCUT2D eigenvalue weighted by Gasteiger charge is 2.20. The molecule has 21 heavy (non-hydrogen) atoms. The molecule has 0 saturated carbocycles. The zero-order valence-electron chi connectivity index (χ0n) is 11.9. The Bertz CT molecular complexity index is 649. The average Bonchev–Trinajstić information content (AvgIpc) is 2.98. The van der Waals surface area contributed by atoms with Gasteiger partial charge in [0.2, 0.25) is 10.0 Å². The smallest absolute Gasteiger partial charge is 0.243 e. The first-order valence-electron chi connectivity index (χ1n) is 6.72. The fraction of sp³-hybridized carbons (Fsp3) is 0.333. The molecule has 0 atom stereocenters. The molecule has 0 aliphatic heterocycles. The Morgan fingerprint density at radius 3 is 2.48 bits per heavy atom. The molecule has 1 aromatic carbocycles. The molecule has 1 N–H and O–H groups in total. The number of rotatable bonds is 7. The Hall–Kier alpha value is -1.21. The van der Waals surface area contributed by atoms with Gasteiger partial charge in [0, 0.05) is 25.1 Å². The molecular formula is C15H19NO3S2. The minimum absolute atomic E-state index is 0.142. The summed E-state index contributed by atoms with van der Waals surface area (Å²) in [5.41, 5.74) is 1.03. The van der Waals surface area contributed by atoms with Crippen LogP contribution in [0, 0.1) is 0 Å². The van der Waals surface area contributed by atoms with Crippen LogP contribution in [0.2, 0.25) is 0 Å². The van der Waals surface area contributed by atoms with Gasteiger partial charge in [-0.1, -0.05) is 18.2 Å². The van der Waals surface area contributed by atoms with Crippen LogP contribution in [0.5, 0.6) is 0 Å². The lowest BCUT2D eigenvalue weighted by atomic mass is 10.1. The first-order valence-corrected chi connectivity index (χ1v) is 9.04. The third-order valence-electron chi connectivity index (χ3n) is 3.21. The maximum atomic E-state index is 12.5. The highest BCUT2D eigenvalue weighted by Crippen LogP contribution is 2.19. The molecule has 1 aromatic heterocycles. The molecule has 0 saturated heterocycles. The summed E-state index contributed by atoms with van der Waals surface area (Å²) in [7, 11) is -1.87. The van der Waals surface area contributed by atoms with E-state index >= 15 is 0 Å². The number of aryl methyl sites for hydroxylation is 1. The van der Waals surface area contributed by atoms with Gasteiger partial charge in [-0.05, 0) is 42.0 Å². The van der Waals surface area contributed by atoms with E-state index in [1.54, 1.807) is 30.5 Å². The van der Waals surface area contributed by atoms with Crippen molar-refractivity contribution in [2.45, 2.75) is 24.3 Å². The molecule has 2 aromatic rings. The van der Waals surface area contributed by atoms with E-state index in [1.807, 2.05) is 29.6 Å². The summed E-state index contributed by atoms with van der Waals surface area (Å²) >= 11 is 1.54. The van der Waals surface area contributed by atoms with Crippen molar-refractivity contribution in [3.05, 3.63) is 52.2 Å². The van der Waals surface area contributed by atoms with Crippen molar-refractivity contribution >= 4 is 21.4 Å². The molecule has 0 unspecified atom stereocenters. The topological polar surface area (TPSA) is 57.6 Å². The predicted molar refractivity (Wildman–Crippen MR) is 84.8 cm³/mol. The molecule has 0 radical (unpaired) electrons. The van der Waals surface area contributed by atoms with Crippen molar-refractivity contribution in [3.8, 4) is 0 Å². The third-order valence-corrected chi connectivity index (χ3v) is 5.89. The van der Waals surface area contributed by atoms with Crippen molar-refractivity contribution < 1.29 is 13.5 Å². The molecule has 0 spiro atoms. The minimum Gasteiger partial charge on any atom is -0.396 e. The van der Waals surface area contributed by atoms with E-state index in [-0.39, 0.29) is 6.61 Å². The van der Waals surface area contributed by atoms with Crippen LogP contribution in [0.15, 0.2) is 46.7 Å². The third kappa shape index (κ3) is 4.14. The summed E-state index contributed by atoms with van der Waals surface area (Å²) in [6.07, 6.45) is 1.44. The zero-order valence-corrected chi connectivity index (χ0v) is 13.5. The van der Waals surface area contributed by atoms with Gasteiger partial charge < -0.3 is 5.11 Å². The zero-order chi connectivity index (χ0) is 15.3. The number of hydrogen-bond acceptors (Lipinski definition) is 4. The van der Waals surface area contributed by atoms with Gasteiger partial charge in [0.05, 0.1) is 4.90 Å². The van der Waals surface area contributed by atoms with Crippen molar-refractivity contribution in [2.24, 2.45) is 0 Å². The number of nitrogens with zero attached hydrogens (tertiary/aromatic N) is 1. The van der Waals surface area contributed by atoms with E-state index in [4.69, 9.17) is 5.11 Å². The number of aliphatic hydroxyl groups is 1. The summed E-state index contributed by atoms with van der Waals surface area (Å²) in [4.78, 5) is 1.31. The molecule has 2 rings (SSSR count). The van der Waals surface area contributed by atoms with E-state index in [2.05, 4.69) is 0 Å². The number of hydrogen-bond donors (Lipinski definition) is 1. The quantitative estimate of drug-likeness (QED) is 0.851. The Kier molecular flexibility index (Phi) is 5.52. The number of thiophene rings is 1. The summed E-state index contributed by atoms with van der Waals surface area (Å²) in [5, 5.41) is 10.7. The number of benzene rings is 1. The lowest BCUT2D eigenvalue weighted by molar-refractivity contribution is 0.288. The monoisotopic (exact) mass is 325 g/mol. The Balaban J connectivity index is 2.11. The molecular weight excluding hydrogens is 306 g/mol. The number of sulfonamides is 1. The van der Waals surface area contributed by atoms with Gasteiger partial charge in [-0.2, -0.15) is 4.31 Å². The van der Waals surface area contributed by atoms with Crippen LogP contribution < -0.4 is 0 Å². The number of aliphatic hydroxyl groups excluding tert-OH is 1. The van der Waals surface area contributed by atoms with Gasteiger partial charge in [0.25, 0.3) is 0 Å². The first kappa shape index (κ1) is 16.2. The van der Waals surface area contributed by atoms with Gasteiger partial charge in [-0.25, -0.2) is 8.42 Å². The van der Waals surface area contributed by atoms with E-state index in [0.29, 0.717) is 17.9 Å². The lowest BCUT2D eigenvalue weighted by Crippen LogP contribution is -2.26. The second kappa shape index (κ2) is 7.17. The van der Waals surface area contributed by atoms with Crippen LogP contribution >= 0.6 is 11.3 Å². The molecule has 114 valence electrons. The largest absolute Gasteiger partial charge is 0.396 e. The molecule has 0 aliphatic carbocycles. The van der Waals surface area contributed by atoms with Crippen LogP contribution in [0.25, 0.3) is 0 Å². The molecule has 1 heterocycles. The van der Waals surface area contributed by atoms with Gasteiger partial charge in [0.15, 0.2) is 0 Å². The summed E-state index contributed by atoms with van der Waals surface area (Å²) < 4.78 is 26.3. The minimum atomic E-state index is -3.46. The Morgan fingerprint density at radius 1 is 1.19 bits per heavy atom. The van der Waals surface area contributed by atoms with Crippen LogP contribution in [-0.4, -0.2) is 31.5 Å². The highest BCUT2D eigenvalue weighted by molar-refractivity contribution is 7.89. The molecule has 6 heteroatoms. The molecule has 0 bridgehead atoms. The fourth-order valence-electron chi connectivity index (χ4n) is 2.00. The van der Waals surface area contributed by atoms with Crippen molar-refractivity contribution in [1.29, 1.82) is 0 Å². The van der Waals surface area contributed by atoms with Crippen LogP contribution in [0.3, 0.4) is 0 Å². The van der Waals surface area contributed by atoms with Crippen LogP contribution in [0.1, 0.15) is 16.9 Å². The van der Waals surface area contributed by atoms with Gasteiger partial charge >= 0.3 is 0 Å². The predicted octanol–water partition coefficient (Wildman–Crippen LogP) is 2.49. The van der Waals surface area contributed by atoms with Crippen LogP contribution in [0.4, 0.5) is 0 Å². The molecule has 0 aliphatic rings. The average molecular weight is 325 g/mol. The molecule has 4 nitrogen and oxygen atoms in total. The normalized spacial score (nSPS) is 12.0. The maximum Gasteiger partial charge on any atom is 0.243 e. The van der Waals surface area contributed by atoms with Crippen LogP contribution in [-0.2, 0) is 23.0 Å². The van der Waals surface area contributed by atoms with E-state index in [9.17, 15) is 8.42 Å². The Labute approximate surface area is 129 Å². The Morgan fingerprint density at radius 2 is 1.90 bits per heavy atom. The van der Waals surface area contributed by atoms with E-state index < -0.39 is 10.0 Å². The maximum absolute atomic E-state index is 12.5. The second-order valence-corrected chi connectivity index (χ2v) is 7.89. The van der Waals surface area contributed by atoms with E-state index in [1.165, 1.54) is 4.31 Å². The second-order valence-electron chi connectivity index (χ2n) is 4.81. The van der Waals surface area contributed by atoms with Gasteiger partial charge in [0.1, 0.15) is 0 Å². The summed E-state index contributed by atoms with van der Waals surface area (Å²) in [6.45, 7) is 0.524.